The fraction of sp³-hybridized carbons (Fsp3) is 0.409. The van der Waals surface area contributed by atoms with Crippen molar-refractivity contribution in [2.24, 2.45) is 5.92 Å². The van der Waals surface area contributed by atoms with Crippen molar-refractivity contribution in [3.05, 3.63) is 54.1 Å². The molecule has 2 aromatic rings. The summed E-state index contributed by atoms with van der Waals surface area (Å²) >= 11 is 0. The van der Waals surface area contributed by atoms with E-state index in [4.69, 9.17) is 4.74 Å². The molecule has 0 bridgehead atoms. The number of hydrogen-bond acceptors (Lipinski definition) is 2. The Morgan fingerprint density at radius 3 is 2.24 bits per heavy atom. The molecule has 1 saturated carbocycles. The minimum atomic E-state index is 0.169. The summed E-state index contributed by atoms with van der Waals surface area (Å²) in [4.78, 5) is 11.9. The second-order valence-corrected chi connectivity index (χ2v) is 6.97. The van der Waals surface area contributed by atoms with E-state index >= 15 is 0 Å². The summed E-state index contributed by atoms with van der Waals surface area (Å²) in [6.45, 7) is 4.75. The molecule has 0 heterocycles. The summed E-state index contributed by atoms with van der Waals surface area (Å²) in [5.74, 6) is 1.74. The maximum Gasteiger partial charge on any atom is 0.220 e. The molecule has 3 nitrogen and oxygen atoms in total. The normalized spacial score (nSPS) is 14.8. The lowest BCUT2D eigenvalue weighted by molar-refractivity contribution is -0.122. The molecule has 3 rings (SSSR count). The van der Waals surface area contributed by atoms with Gasteiger partial charge in [-0.1, -0.05) is 36.4 Å². The standard InChI is InChI=1S/C22H27NO2/c1-3-25-21-12-10-20(11-13-21)19-8-6-17(7-9-19)14-16(2)23-22(24)15-18-4-5-18/h6-13,16,18H,3-5,14-15H2,1-2H3,(H,23,24). The van der Waals surface area contributed by atoms with Gasteiger partial charge in [0.2, 0.25) is 5.91 Å². The first-order valence-electron chi connectivity index (χ1n) is 9.25. The zero-order valence-electron chi connectivity index (χ0n) is 15.1. The van der Waals surface area contributed by atoms with Crippen molar-refractivity contribution in [3.63, 3.8) is 0 Å². The van der Waals surface area contributed by atoms with Gasteiger partial charge in [-0.25, -0.2) is 0 Å². The van der Waals surface area contributed by atoms with E-state index in [0.717, 1.165) is 12.2 Å². The third-order valence-electron chi connectivity index (χ3n) is 4.57. The van der Waals surface area contributed by atoms with E-state index in [1.165, 1.54) is 29.5 Å². The van der Waals surface area contributed by atoms with Gasteiger partial charge in [-0.3, -0.25) is 4.79 Å². The Labute approximate surface area is 150 Å². The minimum Gasteiger partial charge on any atom is -0.494 e. The third-order valence-corrected chi connectivity index (χ3v) is 4.57. The van der Waals surface area contributed by atoms with E-state index in [1.807, 2.05) is 19.1 Å². The first-order valence-corrected chi connectivity index (χ1v) is 9.25. The molecule has 1 aliphatic carbocycles. The van der Waals surface area contributed by atoms with Crippen LogP contribution in [0.3, 0.4) is 0 Å². The van der Waals surface area contributed by atoms with Crippen LogP contribution >= 0.6 is 0 Å². The van der Waals surface area contributed by atoms with Crippen LogP contribution in [0.25, 0.3) is 11.1 Å². The number of nitrogens with one attached hydrogen (secondary N) is 1. The molecule has 0 spiro atoms. The van der Waals surface area contributed by atoms with Gasteiger partial charge in [-0.15, -0.1) is 0 Å². The van der Waals surface area contributed by atoms with Gasteiger partial charge in [0.15, 0.2) is 0 Å². The van der Waals surface area contributed by atoms with Gasteiger partial charge in [-0.2, -0.15) is 0 Å². The van der Waals surface area contributed by atoms with Crippen molar-refractivity contribution < 1.29 is 9.53 Å². The fourth-order valence-electron chi connectivity index (χ4n) is 3.07. The largest absolute Gasteiger partial charge is 0.494 e. The fourth-order valence-corrected chi connectivity index (χ4v) is 3.07. The van der Waals surface area contributed by atoms with E-state index in [1.54, 1.807) is 0 Å². The number of carbonyl (C=O) groups is 1. The van der Waals surface area contributed by atoms with Crippen molar-refractivity contribution in [3.8, 4) is 16.9 Å². The highest BCUT2D eigenvalue weighted by atomic mass is 16.5. The van der Waals surface area contributed by atoms with Crippen LogP contribution in [0, 0.1) is 5.92 Å². The van der Waals surface area contributed by atoms with Crippen LogP contribution in [0.1, 0.15) is 38.7 Å². The van der Waals surface area contributed by atoms with E-state index in [-0.39, 0.29) is 11.9 Å². The quantitative estimate of drug-likeness (QED) is 0.764. The number of carbonyl (C=O) groups excluding carboxylic acids is 1. The number of amides is 1. The molecule has 0 aromatic heterocycles. The average Bonchev–Trinajstić information content (AvgIpc) is 3.40. The van der Waals surface area contributed by atoms with Crippen LogP contribution < -0.4 is 10.1 Å². The summed E-state index contributed by atoms with van der Waals surface area (Å²) < 4.78 is 5.48. The van der Waals surface area contributed by atoms with Gasteiger partial charge in [0, 0.05) is 12.5 Å². The lowest BCUT2D eigenvalue weighted by Crippen LogP contribution is -2.34. The van der Waals surface area contributed by atoms with Crippen molar-refractivity contribution >= 4 is 5.91 Å². The lowest BCUT2D eigenvalue weighted by atomic mass is 10.0. The summed E-state index contributed by atoms with van der Waals surface area (Å²) in [7, 11) is 0. The summed E-state index contributed by atoms with van der Waals surface area (Å²) in [6.07, 6.45) is 3.99. The molecule has 1 unspecified atom stereocenters. The Morgan fingerprint density at radius 2 is 1.68 bits per heavy atom. The zero-order chi connectivity index (χ0) is 17.6. The SMILES string of the molecule is CCOc1ccc(-c2ccc(CC(C)NC(=O)CC3CC3)cc2)cc1. The maximum atomic E-state index is 11.9. The smallest absolute Gasteiger partial charge is 0.220 e. The van der Waals surface area contributed by atoms with Crippen LogP contribution in [-0.4, -0.2) is 18.6 Å². The molecule has 0 aliphatic heterocycles. The first kappa shape index (κ1) is 17.5. The number of rotatable bonds is 8. The molecule has 0 saturated heterocycles. The van der Waals surface area contributed by atoms with Gasteiger partial charge in [-0.05, 0) is 67.9 Å². The molecule has 25 heavy (non-hydrogen) atoms. The number of ether oxygens (including phenoxy) is 1. The van der Waals surface area contributed by atoms with Crippen LogP contribution in [0.15, 0.2) is 48.5 Å². The Kier molecular flexibility index (Phi) is 5.75. The summed E-state index contributed by atoms with van der Waals surface area (Å²) in [5.41, 5.74) is 3.62. The second-order valence-electron chi connectivity index (χ2n) is 6.97. The van der Waals surface area contributed by atoms with Crippen LogP contribution in [-0.2, 0) is 11.2 Å². The van der Waals surface area contributed by atoms with Crippen LogP contribution in [0.2, 0.25) is 0 Å². The Morgan fingerprint density at radius 1 is 1.08 bits per heavy atom. The Balaban J connectivity index is 1.54. The van der Waals surface area contributed by atoms with Gasteiger partial charge >= 0.3 is 0 Å². The maximum absolute atomic E-state index is 11.9. The molecule has 1 atom stereocenters. The highest BCUT2D eigenvalue weighted by Gasteiger charge is 2.24. The Bertz CT molecular complexity index is 687. The van der Waals surface area contributed by atoms with Gasteiger partial charge in [0.05, 0.1) is 6.61 Å². The predicted molar refractivity (Wildman–Crippen MR) is 102 cm³/mol. The van der Waals surface area contributed by atoms with Gasteiger partial charge in [0.25, 0.3) is 0 Å². The molecule has 1 aliphatic rings. The number of benzene rings is 2. The molecule has 3 heteroatoms. The molecule has 1 amide bonds. The molecule has 2 aromatic carbocycles. The highest BCUT2D eigenvalue weighted by Crippen LogP contribution is 2.32. The second kappa shape index (κ2) is 8.19. The first-order chi connectivity index (χ1) is 12.1. The Hall–Kier alpha value is -2.29. The van der Waals surface area contributed by atoms with E-state index in [2.05, 4.69) is 48.6 Å². The molecule has 1 fully saturated rings. The van der Waals surface area contributed by atoms with Crippen LogP contribution in [0.5, 0.6) is 5.75 Å². The van der Waals surface area contributed by atoms with Crippen molar-refractivity contribution in [1.82, 2.24) is 5.32 Å². The highest BCUT2D eigenvalue weighted by molar-refractivity contribution is 5.76. The number of hydrogen-bond donors (Lipinski definition) is 1. The molecular weight excluding hydrogens is 310 g/mol. The third kappa shape index (κ3) is 5.35. The van der Waals surface area contributed by atoms with E-state index in [9.17, 15) is 4.79 Å². The molecule has 0 radical (unpaired) electrons. The average molecular weight is 337 g/mol. The van der Waals surface area contributed by atoms with Gasteiger partial charge < -0.3 is 10.1 Å². The lowest BCUT2D eigenvalue weighted by Gasteiger charge is -2.14. The summed E-state index contributed by atoms with van der Waals surface area (Å²) in [6, 6.07) is 16.9. The van der Waals surface area contributed by atoms with Crippen LogP contribution in [0.4, 0.5) is 0 Å². The molecule has 132 valence electrons. The van der Waals surface area contributed by atoms with Gasteiger partial charge in [0.1, 0.15) is 5.75 Å². The van der Waals surface area contributed by atoms with Crippen molar-refractivity contribution in [2.45, 2.75) is 45.6 Å². The monoisotopic (exact) mass is 337 g/mol. The molecular formula is C22H27NO2. The summed E-state index contributed by atoms with van der Waals surface area (Å²) in [5, 5.41) is 3.11. The van der Waals surface area contributed by atoms with Crippen molar-refractivity contribution in [1.29, 1.82) is 0 Å². The predicted octanol–water partition coefficient (Wildman–Crippen LogP) is 4.60. The topological polar surface area (TPSA) is 38.3 Å². The molecule has 1 N–H and O–H groups in total. The minimum absolute atomic E-state index is 0.169. The van der Waals surface area contributed by atoms with E-state index < -0.39 is 0 Å². The van der Waals surface area contributed by atoms with Crippen molar-refractivity contribution in [2.75, 3.05) is 6.61 Å². The zero-order valence-corrected chi connectivity index (χ0v) is 15.1. The van der Waals surface area contributed by atoms with E-state index in [0.29, 0.717) is 18.9 Å².